The fourth-order valence-electron chi connectivity index (χ4n) is 1.47. The molecule has 0 aliphatic heterocycles. The first-order valence-corrected chi connectivity index (χ1v) is 6.44. The molecule has 1 aromatic heterocycles. The summed E-state index contributed by atoms with van der Waals surface area (Å²) in [4.78, 5) is 16.0. The van der Waals surface area contributed by atoms with Gasteiger partial charge >= 0.3 is 0 Å². The van der Waals surface area contributed by atoms with Crippen LogP contribution in [0.15, 0.2) is 35.1 Å². The number of aromatic nitrogens is 2. The normalized spacial score (nSPS) is 10.4. The molecule has 2 aromatic rings. The molecule has 4 nitrogen and oxygen atoms in total. The number of imidazole rings is 1. The van der Waals surface area contributed by atoms with E-state index in [1.807, 2.05) is 17.8 Å². The molecule has 0 saturated heterocycles. The molecule has 1 N–H and O–H groups in total. The van der Waals surface area contributed by atoms with Crippen molar-refractivity contribution in [3.05, 3.63) is 51.5 Å². The van der Waals surface area contributed by atoms with Crippen molar-refractivity contribution in [2.45, 2.75) is 6.54 Å². The van der Waals surface area contributed by atoms with Gasteiger partial charge in [-0.25, -0.2) is 4.98 Å². The average Bonchev–Trinajstić information content (AvgIpc) is 2.75. The Bertz CT molecular complexity index is 582. The largest absolute Gasteiger partial charge is 0.345 e. The van der Waals surface area contributed by atoms with Crippen LogP contribution in [0.4, 0.5) is 0 Å². The summed E-state index contributed by atoms with van der Waals surface area (Å²) in [5, 5.41) is 3.38. The molecule has 2 rings (SSSR count). The van der Waals surface area contributed by atoms with Gasteiger partial charge in [0.15, 0.2) is 0 Å². The molecular weight excluding hydrogens is 318 g/mol. The second kappa shape index (κ2) is 5.54. The standard InChI is InChI=1S/C12H11BrClN3O/c1-17-5-4-15-11(17)7-16-12(18)8-2-3-10(14)9(13)6-8/h2-6H,7H2,1H3,(H,16,18). The minimum Gasteiger partial charge on any atom is -0.345 e. The van der Waals surface area contributed by atoms with Crippen molar-refractivity contribution in [2.75, 3.05) is 0 Å². The third kappa shape index (κ3) is 2.91. The maximum Gasteiger partial charge on any atom is 0.251 e. The van der Waals surface area contributed by atoms with Crippen LogP contribution >= 0.6 is 27.5 Å². The minimum absolute atomic E-state index is 0.157. The van der Waals surface area contributed by atoms with Crippen molar-refractivity contribution in [2.24, 2.45) is 7.05 Å². The fraction of sp³-hybridized carbons (Fsp3) is 0.167. The van der Waals surface area contributed by atoms with Gasteiger partial charge < -0.3 is 9.88 Å². The van der Waals surface area contributed by atoms with E-state index in [1.165, 1.54) is 0 Å². The first-order chi connectivity index (χ1) is 8.58. The monoisotopic (exact) mass is 327 g/mol. The number of rotatable bonds is 3. The number of nitrogens with zero attached hydrogens (tertiary/aromatic N) is 2. The maximum atomic E-state index is 11.9. The van der Waals surface area contributed by atoms with E-state index in [9.17, 15) is 4.79 Å². The molecule has 0 saturated carbocycles. The van der Waals surface area contributed by atoms with Gasteiger partial charge in [0, 0.05) is 29.5 Å². The molecule has 0 aliphatic rings. The van der Waals surface area contributed by atoms with Gasteiger partial charge in [-0.2, -0.15) is 0 Å². The van der Waals surface area contributed by atoms with Gasteiger partial charge in [-0.1, -0.05) is 11.6 Å². The van der Waals surface area contributed by atoms with E-state index in [-0.39, 0.29) is 5.91 Å². The van der Waals surface area contributed by atoms with Crippen LogP contribution in [0, 0.1) is 0 Å². The summed E-state index contributed by atoms with van der Waals surface area (Å²) in [5.41, 5.74) is 0.556. The lowest BCUT2D eigenvalue weighted by atomic mass is 10.2. The van der Waals surface area contributed by atoms with Crippen LogP contribution < -0.4 is 5.32 Å². The van der Waals surface area contributed by atoms with Gasteiger partial charge in [-0.3, -0.25) is 4.79 Å². The highest BCUT2D eigenvalue weighted by atomic mass is 79.9. The SMILES string of the molecule is Cn1ccnc1CNC(=O)c1ccc(Cl)c(Br)c1. The number of nitrogens with one attached hydrogen (secondary N) is 1. The molecule has 0 unspecified atom stereocenters. The van der Waals surface area contributed by atoms with E-state index in [2.05, 4.69) is 26.2 Å². The lowest BCUT2D eigenvalue weighted by Gasteiger charge is -2.06. The van der Waals surface area contributed by atoms with E-state index in [1.54, 1.807) is 24.4 Å². The van der Waals surface area contributed by atoms with E-state index in [4.69, 9.17) is 11.6 Å². The molecule has 6 heteroatoms. The van der Waals surface area contributed by atoms with Gasteiger partial charge in [-0.05, 0) is 34.1 Å². The summed E-state index contributed by atoms with van der Waals surface area (Å²) in [5.74, 6) is 0.645. The van der Waals surface area contributed by atoms with Gasteiger partial charge in [0.1, 0.15) is 5.82 Å². The molecule has 94 valence electrons. The molecule has 1 amide bonds. The van der Waals surface area contributed by atoms with E-state index in [0.717, 1.165) is 5.82 Å². The van der Waals surface area contributed by atoms with Crippen molar-refractivity contribution in [1.29, 1.82) is 0 Å². The van der Waals surface area contributed by atoms with Crippen molar-refractivity contribution in [1.82, 2.24) is 14.9 Å². The molecule has 0 spiro atoms. The molecular formula is C12H11BrClN3O. The Hall–Kier alpha value is -1.33. The summed E-state index contributed by atoms with van der Waals surface area (Å²) in [6.07, 6.45) is 3.53. The number of carbonyl (C=O) groups excluding carboxylic acids is 1. The van der Waals surface area contributed by atoms with Gasteiger partial charge in [-0.15, -0.1) is 0 Å². The minimum atomic E-state index is -0.157. The number of halogens is 2. The topological polar surface area (TPSA) is 46.9 Å². The van der Waals surface area contributed by atoms with Gasteiger partial charge in [0.2, 0.25) is 0 Å². The van der Waals surface area contributed by atoms with Crippen LogP contribution in [0.2, 0.25) is 5.02 Å². The summed E-state index contributed by atoms with van der Waals surface area (Å²) in [6, 6.07) is 5.05. The van der Waals surface area contributed by atoms with E-state index >= 15 is 0 Å². The Morgan fingerprint density at radius 1 is 1.56 bits per heavy atom. The van der Waals surface area contributed by atoms with Crippen molar-refractivity contribution in [3.63, 3.8) is 0 Å². The number of aryl methyl sites for hydroxylation is 1. The highest BCUT2D eigenvalue weighted by Crippen LogP contribution is 2.23. The number of hydrogen-bond donors (Lipinski definition) is 1. The Kier molecular flexibility index (Phi) is 4.04. The van der Waals surface area contributed by atoms with Crippen LogP contribution in [-0.4, -0.2) is 15.5 Å². The predicted molar refractivity (Wildman–Crippen MR) is 73.5 cm³/mol. The summed E-state index contributed by atoms with van der Waals surface area (Å²) in [6.45, 7) is 0.391. The molecule has 0 fully saturated rings. The van der Waals surface area contributed by atoms with Crippen LogP contribution in [0.3, 0.4) is 0 Å². The number of hydrogen-bond acceptors (Lipinski definition) is 2. The fourth-order valence-corrected chi connectivity index (χ4v) is 1.96. The third-order valence-electron chi connectivity index (χ3n) is 2.51. The Morgan fingerprint density at radius 2 is 2.33 bits per heavy atom. The van der Waals surface area contributed by atoms with Gasteiger partial charge in [0.05, 0.1) is 11.6 Å². The van der Waals surface area contributed by atoms with Gasteiger partial charge in [0.25, 0.3) is 5.91 Å². The zero-order valence-corrected chi connectivity index (χ0v) is 12.0. The molecule has 0 radical (unpaired) electrons. The Morgan fingerprint density at radius 3 is 2.94 bits per heavy atom. The second-order valence-corrected chi connectivity index (χ2v) is 5.03. The maximum absolute atomic E-state index is 11.9. The number of benzene rings is 1. The zero-order valence-electron chi connectivity index (χ0n) is 9.65. The van der Waals surface area contributed by atoms with E-state index < -0.39 is 0 Å². The van der Waals surface area contributed by atoms with Crippen LogP contribution in [0.5, 0.6) is 0 Å². The summed E-state index contributed by atoms with van der Waals surface area (Å²) < 4.78 is 2.56. The number of amides is 1. The van der Waals surface area contributed by atoms with Crippen molar-refractivity contribution in [3.8, 4) is 0 Å². The zero-order chi connectivity index (χ0) is 13.1. The first kappa shape index (κ1) is 13.1. The molecule has 1 heterocycles. The van der Waals surface area contributed by atoms with Crippen LogP contribution in [0.25, 0.3) is 0 Å². The summed E-state index contributed by atoms with van der Waals surface area (Å²) in [7, 11) is 1.88. The molecule has 0 atom stereocenters. The third-order valence-corrected chi connectivity index (χ3v) is 3.72. The van der Waals surface area contributed by atoms with Crippen LogP contribution in [0.1, 0.15) is 16.2 Å². The summed E-state index contributed by atoms with van der Waals surface area (Å²) >= 11 is 9.16. The lowest BCUT2D eigenvalue weighted by molar-refractivity contribution is 0.0949. The first-order valence-electron chi connectivity index (χ1n) is 5.27. The molecule has 1 aromatic carbocycles. The predicted octanol–water partition coefficient (Wildman–Crippen LogP) is 2.77. The average molecular weight is 329 g/mol. The molecule has 0 aliphatic carbocycles. The Labute approximate surface area is 118 Å². The van der Waals surface area contributed by atoms with Crippen molar-refractivity contribution < 1.29 is 4.79 Å². The lowest BCUT2D eigenvalue weighted by Crippen LogP contribution is -2.24. The Balaban J connectivity index is 2.04. The quantitative estimate of drug-likeness (QED) is 0.942. The van der Waals surface area contributed by atoms with Crippen molar-refractivity contribution >= 4 is 33.4 Å². The molecule has 18 heavy (non-hydrogen) atoms. The smallest absolute Gasteiger partial charge is 0.251 e. The highest BCUT2D eigenvalue weighted by Gasteiger charge is 2.08. The molecule has 0 bridgehead atoms. The second-order valence-electron chi connectivity index (χ2n) is 3.77. The van der Waals surface area contributed by atoms with Crippen LogP contribution in [-0.2, 0) is 13.6 Å². The highest BCUT2D eigenvalue weighted by molar-refractivity contribution is 9.10. The van der Waals surface area contributed by atoms with E-state index in [0.29, 0.717) is 21.6 Å². The number of carbonyl (C=O) groups is 1.